The van der Waals surface area contributed by atoms with Gasteiger partial charge in [0.05, 0.1) is 13.2 Å². The third-order valence-electron chi connectivity index (χ3n) is 8.85. The van der Waals surface area contributed by atoms with Crippen LogP contribution in [0.15, 0.2) is 162 Å². The zero-order chi connectivity index (χ0) is 33.2. The molecule has 1 aliphatic heterocycles. The molecule has 0 atom stereocenters. The molecule has 5 aromatic rings. The summed E-state index contributed by atoms with van der Waals surface area (Å²) in [5.41, 5.74) is 2.43. The minimum absolute atomic E-state index is 0.0762. The highest BCUT2D eigenvalue weighted by molar-refractivity contribution is 8.03. The lowest BCUT2D eigenvalue weighted by Gasteiger charge is -2.33. The van der Waals surface area contributed by atoms with Gasteiger partial charge in [-0.2, -0.15) is 0 Å². The number of hydrogen-bond acceptors (Lipinski definition) is 3. The highest BCUT2D eigenvalue weighted by atomic mass is 31.2. The number of morpholine rings is 1. The van der Waals surface area contributed by atoms with Gasteiger partial charge in [0.15, 0.2) is 5.70 Å². The van der Waals surface area contributed by atoms with Crippen molar-refractivity contribution >= 4 is 40.2 Å². The van der Waals surface area contributed by atoms with Crippen LogP contribution in [0.5, 0.6) is 0 Å². The maximum absolute atomic E-state index is 15.2. The Bertz CT molecular complexity index is 1720. The topological polar surface area (TPSA) is 45.1 Å². The van der Waals surface area contributed by atoms with Gasteiger partial charge in [0.2, 0.25) is 0 Å². The number of aliphatic imine (C=N–C) groups is 1. The fourth-order valence-corrected chi connectivity index (χ4v) is 11.1. The fourth-order valence-electron chi connectivity index (χ4n) is 6.52. The van der Waals surface area contributed by atoms with Crippen molar-refractivity contribution in [2.45, 2.75) is 13.8 Å². The van der Waals surface area contributed by atoms with Crippen molar-refractivity contribution in [3.8, 4) is 0 Å². The Morgan fingerprint density at radius 3 is 1.44 bits per heavy atom. The van der Waals surface area contributed by atoms with Crippen LogP contribution < -0.4 is 15.9 Å². The molecule has 5 aromatic carbocycles. The standard InChI is InChI=1S/C42H43N3O2P/c1-3-44(4-2)42(46)39(43-41(35-22-12-6-13-23-35)45-30-32-47-33-31-45)40(34-20-10-5-11-21-34)48(36-24-14-7-15-25-36,37-26-16-8-17-27-37)38-28-18-9-19-29-38/h5-29H,3-4,30-33H2,1-2H3/q+1. The average Bonchev–Trinajstić information content (AvgIpc) is 3.17. The predicted molar refractivity (Wildman–Crippen MR) is 202 cm³/mol. The van der Waals surface area contributed by atoms with Crippen molar-refractivity contribution in [2.75, 3.05) is 39.4 Å². The molecule has 5 nitrogen and oxygen atoms in total. The maximum Gasteiger partial charge on any atom is 0.276 e. The molecule has 1 amide bonds. The Kier molecular flexibility index (Phi) is 10.9. The Balaban J connectivity index is 1.84. The first kappa shape index (κ1) is 33.1. The summed E-state index contributed by atoms with van der Waals surface area (Å²) in [6.45, 7) is 7.82. The van der Waals surface area contributed by atoms with Crippen LogP contribution in [0.1, 0.15) is 25.0 Å². The zero-order valence-electron chi connectivity index (χ0n) is 27.8. The summed E-state index contributed by atoms with van der Waals surface area (Å²) in [7, 11) is -2.76. The lowest BCUT2D eigenvalue weighted by molar-refractivity contribution is -0.126. The molecule has 0 bridgehead atoms. The van der Waals surface area contributed by atoms with Gasteiger partial charge in [0.1, 0.15) is 34.3 Å². The van der Waals surface area contributed by atoms with Crippen LogP contribution >= 0.6 is 7.26 Å². The number of hydrogen-bond donors (Lipinski definition) is 0. The highest BCUT2D eigenvalue weighted by Gasteiger charge is 2.53. The molecule has 6 rings (SSSR count). The second kappa shape index (κ2) is 15.8. The zero-order valence-corrected chi connectivity index (χ0v) is 28.7. The molecule has 0 aliphatic carbocycles. The molecule has 0 aromatic heterocycles. The van der Waals surface area contributed by atoms with Gasteiger partial charge in [-0.05, 0) is 50.2 Å². The fraction of sp³-hybridized carbons (Fsp3) is 0.190. The summed E-state index contributed by atoms with van der Waals surface area (Å²) in [6.07, 6.45) is 0. The van der Waals surface area contributed by atoms with E-state index in [9.17, 15) is 0 Å². The maximum atomic E-state index is 15.2. The molecule has 0 spiro atoms. The molecule has 48 heavy (non-hydrogen) atoms. The van der Waals surface area contributed by atoms with E-state index >= 15 is 4.79 Å². The number of nitrogens with zero attached hydrogens (tertiary/aromatic N) is 3. The Labute approximate surface area is 285 Å². The van der Waals surface area contributed by atoms with E-state index in [1.807, 2.05) is 43.0 Å². The van der Waals surface area contributed by atoms with E-state index in [1.54, 1.807) is 0 Å². The molecule has 1 saturated heterocycles. The van der Waals surface area contributed by atoms with Crippen molar-refractivity contribution in [1.82, 2.24) is 9.80 Å². The van der Waals surface area contributed by atoms with Crippen LogP contribution in [0.2, 0.25) is 0 Å². The monoisotopic (exact) mass is 652 g/mol. The summed E-state index contributed by atoms with van der Waals surface area (Å²) < 4.78 is 5.78. The number of rotatable bonds is 10. The van der Waals surface area contributed by atoms with E-state index in [1.165, 1.54) is 0 Å². The minimum atomic E-state index is -2.76. The third kappa shape index (κ3) is 6.75. The Hall–Kier alpha value is -4.83. The molecule has 0 radical (unpaired) electrons. The highest BCUT2D eigenvalue weighted by Crippen LogP contribution is 2.67. The second-order valence-corrected chi connectivity index (χ2v) is 15.0. The van der Waals surface area contributed by atoms with Crippen molar-refractivity contribution in [2.24, 2.45) is 4.99 Å². The number of ether oxygens (including phenoxy) is 1. The molecular formula is C42H43N3O2P+. The van der Waals surface area contributed by atoms with E-state index in [4.69, 9.17) is 9.73 Å². The number of benzene rings is 5. The van der Waals surface area contributed by atoms with Gasteiger partial charge < -0.3 is 14.5 Å². The van der Waals surface area contributed by atoms with Gasteiger partial charge in [-0.3, -0.25) is 4.79 Å². The van der Waals surface area contributed by atoms with Crippen molar-refractivity contribution in [3.05, 3.63) is 168 Å². The molecule has 242 valence electrons. The van der Waals surface area contributed by atoms with Gasteiger partial charge >= 0.3 is 0 Å². The number of likely N-dealkylation sites (N-methyl/N-ethyl adjacent to an activating group) is 1. The quantitative estimate of drug-likeness (QED) is 0.0707. The number of amidine groups is 1. The van der Waals surface area contributed by atoms with Crippen LogP contribution in [0.4, 0.5) is 0 Å². The lowest BCUT2D eigenvalue weighted by Crippen LogP contribution is -2.42. The lowest BCUT2D eigenvalue weighted by atomic mass is 10.1. The molecule has 0 N–H and O–H groups in total. The molecule has 1 heterocycles. The summed E-state index contributed by atoms with van der Waals surface area (Å²) in [6, 6.07) is 52.9. The average molecular weight is 653 g/mol. The van der Waals surface area contributed by atoms with Gasteiger partial charge in [-0.1, -0.05) is 115 Å². The number of amides is 1. The molecule has 1 fully saturated rings. The number of carbonyl (C=O) groups excluding carboxylic acids is 1. The first-order valence-electron chi connectivity index (χ1n) is 16.8. The van der Waals surface area contributed by atoms with Crippen LogP contribution in [0.25, 0.3) is 5.31 Å². The van der Waals surface area contributed by atoms with Crippen LogP contribution in [0, 0.1) is 0 Å². The van der Waals surface area contributed by atoms with Crippen LogP contribution in [-0.4, -0.2) is 60.9 Å². The van der Waals surface area contributed by atoms with Gasteiger partial charge in [0, 0.05) is 37.3 Å². The second-order valence-electron chi connectivity index (χ2n) is 11.6. The van der Waals surface area contributed by atoms with Crippen LogP contribution in [0.3, 0.4) is 0 Å². The number of carbonyl (C=O) groups is 1. The SMILES string of the molecule is CCN(CC)C(=O)C(N=C(c1ccccc1)N1CCOCC1)=C(c1ccccc1)[P+](c1ccccc1)(c1ccccc1)c1ccccc1. The first-order chi connectivity index (χ1) is 23.7. The molecular weight excluding hydrogens is 609 g/mol. The third-order valence-corrected chi connectivity index (χ3v) is 13.2. The molecule has 6 heteroatoms. The molecule has 1 aliphatic rings. The van der Waals surface area contributed by atoms with Gasteiger partial charge in [-0.25, -0.2) is 4.99 Å². The molecule has 0 unspecified atom stereocenters. The Morgan fingerprint density at radius 1 is 0.625 bits per heavy atom. The van der Waals surface area contributed by atoms with E-state index in [2.05, 4.69) is 132 Å². The summed E-state index contributed by atoms with van der Waals surface area (Å²) in [5, 5.41) is 4.43. The smallest absolute Gasteiger partial charge is 0.276 e. The van der Waals surface area contributed by atoms with Gasteiger partial charge in [-0.15, -0.1) is 0 Å². The molecule has 0 saturated carbocycles. The van der Waals surface area contributed by atoms with Crippen LogP contribution in [-0.2, 0) is 9.53 Å². The summed E-state index contributed by atoms with van der Waals surface area (Å²) >= 11 is 0. The van der Waals surface area contributed by atoms with Crippen molar-refractivity contribution in [3.63, 3.8) is 0 Å². The predicted octanol–water partition coefficient (Wildman–Crippen LogP) is 7.00. The summed E-state index contributed by atoms with van der Waals surface area (Å²) in [5.74, 6) is 0.711. The van der Waals surface area contributed by atoms with Crippen molar-refractivity contribution < 1.29 is 9.53 Å². The van der Waals surface area contributed by atoms with E-state index < -0.39 is 7.26 Å². The van der Waals surface area contributed by atoms with E-state index in [-0.39, 0.29) is 5.91 Å². The van der Waals surface area contributed by atoms with E-state index in [0.717, 1.165) is 38.2 Å². The van der Waals surface area contributed by atoms with E-state index in [0.29, 0.717) is 45.1 Å². The van der Waals surface area contributed by atoms with Gasteiger partial charge in [0.25, 0.3) is 5.91 Å². The Morgan fingerprint density at radius 2 is 1.02 bits per heavy atom. The largest absolute Gasteiger partial charge is 0.378 e. The first-order valence-corrected chi connectivity index (χ1v) is 18.6. The minimum Gasteiger partial charge on any atom is -0.378 e. The normalized spacial score (nSPS) is 14.3. The summed E-state index contributed by atoms with van der Waals surface area (Å²) in [4.78, 5) is 25.0. The van der Waals surface area contributed by atoms with Crippen molar-refractivity contribution in [1.29, 1.82) is 0 Å².